The molecule has 0 unspecified atom stereocenters. The highest BCUT2D eigenvalue weighted by molar-refractivity contribution is 5.98. The van der Waals surface area contributed by atoms with E-state index in [1.807, 2.05) is 19.2 Å². The van der Waals surface area contributed by atoms with Crippen LogP contribution in [0.15, 0.2) is 18.2 Å². The van der Waals surface area contributed by atoms with Crippen LogP contribution < -0.4 is 10.8 Å². The van der Waals surface area contributed by atoms with Gasteiger partial charge in [0, 0.05) is 28.2 Å². The highest BCUT2D eigenvalue weighted by Crippen LogP contribution is 2.29. The molecule has 1 heterocycles. The Bertz CT molecular complexity index is 831. The first-order chi connectivity index (χ1) is 12.8. The summed E-state index contributed by atoms with van der Waals surface area (Å²) in [5.41, 5.74) is 5.76. The molecule has 0 bridgehead atoms. The van der Waals surface area contributed by atoms with E-state index in [0.29, 0.717) is 11.6 Å². The number of hydrogen-bond donors (Lipinski definition) is 6. The summed E-state index contributed by atoms with van der Waals surface area (Å²) in [4.78, 5) is 34.2. The zero-order valence-corrected chi connectivity index (χ0v) is 14.9. The predicted molar refractivity (Wildman–Crippen MR) is 96.9 cm³/mol. The van der Waals surface area contributed by atoms with Gasteiger partial charge in [-0.15, -0.1) is 0 Å². The molecular weight excluding hydrogens is 354 g/mol. The molecule has 0 radical (unpaired) electrons. The van der Waals surface area contributed by atoms with Gasteiger partial charge in [0.05, 0.1) is 12.8 Å². The van der Waals surface area contributed by atoms with Gasteiger partial charge in [-0.3, -0.25) is 19.6 Å². The van der Waals surface area contributed by atoms with Gasteiger partial charge in [0.2, 0.25) is 0 Å². The smallest absolute Gasteiger partial charge is 0.303 e. The SMILES string of the molecule is CN[C@@H]1CCc2[nH]c3ccc(C(=O)NO)cc3c2C1.O=C(O)CCC(=O)O. The summed E-state index contributed by atoms with van der Waals surface area (Å²) in [6, 6.07) is 5.94. The summed E-state index contributed by atoms with van der Waals surface area (Å²) in [7, 11) is 1.98. The Balaban J connectivity index is 0.000000279. The Hall–Kier alpha value is -2.91. The van der Waals surface area contributed by atoms with Gasteiger partial charge in [-0.2, -0.15) is 0 Å². The van der Waals surface area contributed by atoms with Crippen molar-refractivity contribution in [2.45, 2.75) is 38.1 Å². The van der Waals surface area contributed by atoms with Gasteiger partial charge < -0.3 is 20.5 Å². The maximum atomic E-state index is 11.5. The number of aromatic nitrogens is 1. The normalized spacial score (nSPS) is 15.4. The van der Waals surface area contributed by atoms with E-state index in [-0.39, 0.29) is 12.8 Å². The Kier molecular flexibility index (Phi) is 6.91. The van der Waals surface area contributed by atoms with Crippen molar-refractivity contribution in [3.63, 3.8) is 0 Å². The molecule has 27 heavy (non-hydrogen) atoms. The molecule has 1 aromatic heterocycles. The number of hydrogen-bond acceptors (Lipinski definition) is 5. The zero-order valence-electron chi connectivity index (χ0n) is 14.9. The number of aromatic amines is 1. The fourth-order valence-electron chi connectivity index (χ4n) is 3.08. The number of carboxylic acids is 2. The molecule has 146 valence electrons. The average molecular weight is 377 g/mol. The minimum absolute atomic E-state index is 0.296. The van der Waals surface area contributed by atoms with Crippen LogP contribution in [0.4, 0.5) is 0 Å². The summed E-state index contributed by atoms with van der Waals surface area (Å²) in [5, 5.41) is 28.9. The molecule has 0 spiro atoms. The molecule has 2 aromatic rings. The molecule has 1 atom stereocenters. The molecule has 0 saturated carbocycles. The average Bonchev–Trinajstić information content (AvgIpc) is 3.03. The van der Waals surface area contributed by atoms with Crippen molar-refractivity contribution in [1.82, 2.24) is 15.8 Å². The van der Waals surface area contributed by atoms with Crippen LogP contribution in [-0.4, -0.2) is 51.3 Å². The van der Waals surface area contributed by atoms with Crippen LogP contribution in [0.3, 0.4) is 0 Å². The number of benzene rings is 1. The number of hydroxylamine groups is 1. The van der Waals surface area contributed by atoms with E-state index in [0.717, 1.165) is 30.2 Å². The molecule has 6 N–H and O–H groups in total. The lowest BCUT2D eigenvalue weighted by atomic mass is 9.91. The molecular formula is C18H23N3O6. The third-order valence-corrected chi connectivity index (χ3v) is 4.51. The number of aliphatic carboxylic acids is 2. The maximum absolute atomic E-state index is 11.5. The highest BCUT2D eigenvalue weighted by atomic mass is 16.5. The number of carboxylic acid groups (broad SMARTS) is 2. The Morgan fingerprint density at radius 1 is 1.19 bits per heavy atom. The second-order valence-corrected chi connectivity index (χ2v) is 6.30. The lowest BCUT2D eigenvalue weighted by Crippen LogP contribution is -2.31. The van der Waals surface area contributed by atoms with Crippen LogP contribution in [0.1, 0.15) is 40.9 Å². The van der Waals surface area contributed by atoms with Crippen LogP contribution in [-0.2, 0) is 22.4 Å². The molecule has 0 fully saturated rings. The second kappa shape index (κ2) is 9.15. The molecule has 1 aliphatic rings. The summed E-state index contributed by atoms with van der Waals surface area (Å²) in [6.45, 7) is 0. The number of rotatable bonds is 5. The number of carbonyl (C=O) groups is 3. The summed E-state index contributed by atoms with van der Waals surface area (Å²) in [6.07, 6.45) is 2.53. The van der Waals surface area contributed by atoms with Gasteiger partial charge in [0.25, 0.3) is 5.91 Å². The van der Waals surface area contributed by atoms with E-state index < -0.39 is 17.8 Å². The van der Waals surface area contributed by atoms with Gasteiger partial charge in [-0.1, -0.05) is 0 Å². The Morgan fingerprint density at radius 2 is 1.85 bits per heavy atom. The molecule has 9 heteroatoms. The monoisotopic (exact) mass is 377 g/mol. The molecule has 0 saturated heterocycles. The molecule has 1 aliphatic carbocycles. The standard InChI is InChI=1S/C14H17N3O2.C4H6O4/c1-15-9-3-5-13-11(7-9)10-6-8(14(18)17-19)2-4-12(10)16-13;5-3(6)1-2-4(7)8/h2,4,6,9,15-16,19H,3,5,7H2,1H3,(H,17,18);1-2H2,(H,5,6)(H,7,8)/t9-;/m1./s1. The quantitative estimate of drug-likeness (QED) is 0.339. The van der Waals surface area contributed by atoms with Crippen molar-refractivity contribution in [1.29, 1.82) is 0 Å². The molecule has 1 amide bonds. The Morgan fingerprint density at radius 3 is 2.41 bits per heavy atom. The first-order valence-electron chi connectivity index (χ1n) is 8.54. The summed E-state index contributed by atoms with van der Waals surface area (Å²) < 4.78 is 0. The van der Waals surface area contributed by atoms with Crippen LogP contribution in [0.2, 0.25) is 0 Å². The second-order valence-electron chi connectivity index (χ2n) is 6.30. The van der Waals surface area contributed by atoms with Gasteiger partial charge >= 0.3 is 11.9 Å². The van der Waals surface area contributed by atoms with Crippen molar-refractivity contribution in [3.05, 3.63) is 35.0 Å². The van der Waals surface area contributed by atoms with E-state index >= 15 is 0 Å². The minimum Gasteiger partial charge on any atom is -0.481 e. The minimum atomic E-state index is -1.08. The number of H-pyrrole nitrogens is 1. The van der Waals surface area contributed by atoms with E-state index in [9.17, 15) is 14.4 Å². The largest absolute Gasteiger partial charge is 0.481 e. The summed E-state index contributed by atoms with van der Waals surface area (Å²) >= 11 is 0. The van der Waals surface area contributed by atoms with Gasteiger partial charge in [-0.25, -0.2) is 5.48 Å². The van der Waals surface area contributed by atoms with Crippen molar-refractivity contribution < 1.29 is 29.8 Å². The van der Waals surface area contributed by atoms with Gasteiger partial charge in [-0.05, 0) is 50.1 Å². The fourth-order valence-corrected chi connectivity index (χ4v) is 3.08. The van der Waals surface area contributed by atoms with Gasteiger partial charge in [0.1, 0.15) is 0 Å². The van der Waals surface area contributed by atoms with Crippen LogP contribution in [0.5, 0.6) is 0 Å². The fraction of sp³-hybridized carbons (Fsp3) is 0.389. The number of nitrogens with one attached hydrogen (secondary N) is 3. The molecule has 9 nitrogen and oxygen atoms in total. The van der Waals surface area contributed by atoms with Crippen LogP contribution in [0.25, 0.3) is 10.9 Å². The van der Waals surface area contributed by atoms with Crippen LogP contribution in [0, 0.1) is 0 Å². The van der Waals surface area contributed by atoms with Gasteiger partial charge in [0.15, 0.2) is 0 Å². The number of fused-ring (bicyclic) bond motifs is 3. The molecule has 1 aromatic carbocycles. The van der Waals surface area contributed by atoms with Crippen molar-refractivity contribution in [3.8, 4) is 0 Å². The Labute approximate surface area is 155 Å². The van der Waals surface area contributed by atoms with E-state index in [4.69, 9.17) is 15.4 Å². The topological polar surface area (TPSA) is 152 Å². The molecule has 3 rings (SSSR count). The van der Waals surface area contributed by atoms with Crippen molar-refractivity contribution in [2.24, 2.45) is 0 Å². The lowest BCUT2D eigenvalue weighted by Gasteiger charge is -2.21. The zero-order chi connectivity index (χ0) is 20.0. The third kappa shape index (κ3) is 5.28. The lowest BCUT2D eigenvalue weighted by molar-refractivity contribution is -0.143. The third-order valence-electron chi connectivity index (χ3n) is 4.51. The van der Waals surface area contributed by atoms with Crippen LogP contribution >= 0.6 is 0 Å². The number of amides is 1. The first kappa shape index (κ1) is 20.4. The van der Waals surface area contributed by atoms with E-state index in [1.165, 1.54) is 11.3 Å². The predicted octanol–water partition coefficient (Wildman–Crippen LogP) is 1.30. The van der Waals surface area contributed by atoms with E-state index in [2.05, 4.69) is 10.3 Å². The summed E-state index contributed by atoms with van der Waals surface area (Å²) in [5.74, 6) is -2.63. The van der Waals surface area contributed by atoms with Crippen molar-refractivity contribution in [2.75, 3.05) is 7.05 Å². The van der Waals surface area contributed by atoms with E-state index in [1.54, 1.807) is 11.5 Å². The maximum Gasteiger partial charge on any atom is 0.303 e. The number of likely N-dealkylation sites (N-methyl/N-ethyl adjacent to an activating group) is 1. The number of carbonyl (C=O) groups excluding carboxylic acids is 1. The molecule has 0 aliphatic heterocycles. The first-order valence-corrected chi connectivity index (χ1v) is 8.54. The highest BCUT2D eigenvalue weighted by Gasteiger charge is 2.21. The van der Waals surface area contributed by atoms with Crippen molar-refractivity contribution >= 4 is 28.7 Å². The number of aryl methyl sites for hydroxylation is 1.